The molecule has 0 bridgehead atoms. The molecule has 0 spiro atoms. The zero-order valence-electron chi connectivity index (χ0n) is 11.9. The number of benzene rings is 2. The summed E-state index contributed by atoms with van der Waals surface area (Å²) in [6, 6.07) is 17.0. The summed E-state index contributed by atoms with van der Waals surface area (Å²) in [4.78, 5) is 11.3. The molecule has 0 aliphatic carbocycles. The van der Waals surface area contributed by atoms with Crippen LogP contribution in [0, 0.1) is 0 Å². The summed E-state index contributed by atoms with van der Waals surface area (Å²) in [5, 5.41) is 11.9. The Bertz CT molecular complexity index is 627. The van der Waals surface area contributed by atoms with E-state index in [1.165, 1.54) is 0 Å². The first kappa shape index (κ1) is 14.4. The van der Waals surface area contributed by atoms with Gasteiger partial charge in [0.2, 0.25) is 0 Å². The Labute approximate surface area is 128 Å². The van der Waals surface area contributed by atoms with Crippen LogP contribution >= 0.6 is 0 Å². The second-order valence-electron chi connectivity index (χ2n) is 5.09. The van der Waals surface area contributed by atoms with E-state index in [0.29, 0.717) is 6.61 Å². The SMILES string of the molecule is O=C1N[C@H](c2ccc(OCc3ccccc3)cc2)[C@@H](CO)O1. The Morgan fingerprint density at radius 3 is 2.50 bits per heavy atom. The van der Waals surface area contributed by atoms with Gasteiger partial charge in [-0.2, -0.15) is 0 Å². The van der Waals surface area contributed by atoms with Gasteiger partial charge in [-0.25, -0.2) is 4.79 Å². The van der Waals surface area contributed by atoms with Gasteiger partial charge in [0.25, 0.3) is 0 Å². The highest BCUT2D eigenvalue weighted by atomic mass is 16.6. The molecule has 5 nitrogen and oxygen atoms in total. The lowest BCUT2D eigenvalue weighted by Crippen LogP contribution is -2.24. The molecule has 2 aromatic carbocycles. The molecule has 1 aliphatic heterocycles. The van der Waals surface area contributed by atoms with Gasteiger partial charge in [-0.3, -0.25) is 0 Å². The Hall–Kier alpha value is -2.53. The van der Waals surface area contributed by atoms with Crippen molar-refractivity contribution in [3.8, 4) is 5.75 Å². The number of cyclic esters (lactones) is 1. The number of carbonyl (C=O) groups is 1. The minimum atomic E-state index is -0.552. The van der Waals surface area contributed by atoms with Crippen LogP contribution in [0.15, 0.2) is 54.6 Å². The highest BCUT2D eigenvalue weighted by Gasteiger charge is 2.34. The van der Waals surface area contributed by atoms with E-state index in [4.69, 9.17) is 9.47 Å². The molecule has 2 atom stereocenters. The first-order chi connectivity index (χ1) is 10.8. The first-order valence-corrected chi connectivity index (χ1v) is 7.11. The molecule has 1 amide bonds. The fourth-order valence-corrected chi connectivity index (χ4v) is 2.41. The van der Waals surface area contributed by atoms with Crippen LogP contribution in [0.5, 0.6) is 5.75 Å². The van der Waals surface area contributed by atoms with Crippen LogP contribution < -0.4 is 10.1 Å². The quantitative estimate of drug-likeness (QED) is 0.889. The van der Waals surface area contributed by atoms with Gasteiger partial charge in [0.05, 0.1) is 12.6 Å². The molecule has 5 heteroatoms. The van der Waals surface area contributed by atoms with Gasteiger partial charge in [0.1, 0.15) is 12.4 Å². The third kappa shape index (κ3) is 3.20. The van der Waals surface area contributed by atoms with Crippen LogP contribution in [0.3, 0.4) is 0 Å². The number of amides is 1. The van der Waals surface area contributed by atoms with Gasteiger partial charge < -0.3 is 19.9 Å². The number of carbonyl (C=O) groups excluding carboxylic acids is 1. The predicted molar refractivity (Wildman–Crippen MR) is 80.4 cm³/mol. The van der Waals surface area contributed by atoms with E-state index in [1.807, 2.05) is 54.6 Å². The summed E-state index contributed by atoms with van der Waals surface area (Å²) >= 11 is 0. The molecule has 3 rings (SSSR count). The van der Waals surface area contributed by atoms with Crippen LogP contribution in [-0.2, 0) is 11.3 Å². The Kier molecular flexibility index (Phi) is 4.25. The molecule has 2 aromatic rings. The van der Waals surface area contributed by atoms with Crippen LogP contribution in [0.1, 0.15) is 17.2 Å². The topological polar surface area (TPSA) is 67.8 Å². The second-order valence-corrected chi connectivity index (χ2v) is 5.09. The van der Waals surface area contributed by atoms with Crippen molar-refractivity contribution in [2.24, 2.45) is 0 Å². The Morgan fingerprint density at radius 1 is 1.09 bits per heavy atom. The van der Waals surface area contributed by atoms with Gasteiger partial charge in [0, 0.05) is 0 Å². The van der Waals surface area contributed by atoms with Crippen molar-refractivity contribution in [1.29, 1.82) is 0 Å². The van der Waals surface area contributed by atoms with Crippen LogP contribution in [-0.4, -0.2) is 23.9 Å². The molecular formula is C17H17NO4. The van der Waals surface area contributed by atoms with E-state index >= 15 is 0 Å². The third-order valence-electron chi connectivity index (χ3n) is 3.57. The molecule has 0 unspecified atom stereocenters. The van der Waals surface area contributed by atoms with Crippen molar-refractivity contribution in [2.45, 2.75) is 18.8 Å². The standard InChI is InChI=1S/C17H17NO4/c19-10-15-16(18-17(20)22-15)13-6-8-14(9-7-13)21-11-12-4-2-1-3-5-12/h1-9,15-16,19H,10-11H2,(H,18,20)/t15-,16-/m1/s1. The summed E-state index contributed by atoms with van der Waals surface area (Å²) in [6.45, 7) is 0.290. The van der Waals surface area contributed by atoms with Crippen LogP contribution in [0.2, 0.25) is 0 Å². The minimum absolute atomic E-state index is 0.213. The van der Waals surface area contributed by atoms with E-state index in [9.17, 15) is 9.90 Å². The van der Waals surface area contributed by atoms with Crippen molar-refractivity contribution in [3.05, 3.63) is 65.7 Å². The van der Waals surface area contributed by atoms with Gasteiger partial charge in [-0.05, 0) is 23.3 Å². The number of ether oxygens (including phenoxy) is 2. The summed E-state index contributed by atoms with van der Waals surface area (Å²) < 4.78 is 10.7. The van der Waals surface area contributed by atoms with Crippen molar-refractivity contribution in [2.75, 3.05) is 6.61 Å². The average molecular weight is 299 g/mol. The second kappa shape index (κ2) is 6.49. The number of hydrogen-bond acceptors (Lipinski definition) is 4. The molecule has 22 heavy (non-hydrogen) atoms. The summed E-state index contributed by atoms with van der Waals surface area (Å²) in [6.07, 6.45) is -1.06. The van der Waals surface area contributed by atoms with Gasteiger partial charge in [0.15, 0.2) is 6.10 Å². The molecule has 2 N–H and O–H groups in total. The molecule has 0 radical (unpaired) electrons. The zero-order valence-corrected chi connectivity index (χ0v) is 11.9. The molecule has 114 valence electrons. The highest BCUT2D eigenvalue weighted by molar-refractivity contribution is 5.70. The van der Waals surface area contributed by atoms with Crippen LogP contribution in [0.4, 0.5) is 4.79 Å². The molecule has 1 saturated heterocycles. The maximum atomic E-state index is 11.3. The van der Waals surface area contributed by atoms with E-state index in [1.54, 1.807) is 0 Å². The molecule has 1 fully saturated rings. The first-order valence-electron chi connectivity index (χ1n) is 7.11. The molecule has 0 aromatic heterocycles. The monoisotopic (exact) mass is 299 g/mol. The van der Waals surface area contributed by atoms with Crippen molar-refractivity contribution >= 4 is 6.09 Å². The van der Waals surface area contributed by atoms with Gasteiger partial charge >= 0.3 is 6.09 Å². The van der Waals surface area contributed by atoms with Gasteiger partial charge in [-0.1, -0.05) is 42.5 Å². The number of aliphatic hydroxyl groups excluding tert-OH is 1. The van der Waals surface area contributed by atoms with E-state index < -0.39 is 12.2 Å². The van der Waals surface area contributed by atoms with E-state index in [0.717, 1.165) is 16.9 Å². The highest BCUT2D eigenvalue weighted by Crippen LogP contribution is 2.26. The van der Waals surface area contributed by atoms with Crippen LogP contribution in [0.25, 0.3) is 0 Å². The number of alkyl carbamates (subject to hydrolysis) is 1. The third-order valence-corrected chi connectivity index (χ3v) is 3.57. The van der Waals surface area contributed by atoms with Crippen molar-refractivity contribution < 1.29 is 19.4 Å². The lowest BCUT2D eigenvalue weighted by molar-refractivity contribution is 0.0829. The molecule has 1 heterocycles. The maximum Gasteiger partial charge on any atom is 0.408 e. The largest absolute Gasteiger partial charge is 0.489 e. The predicted octanol–water partition coefficient (Wildman–Crippen LogP) is 2.41. The Morgan fingerprint density at radius 2 is 1.82 bits per heavy atom. The van der Waals surface area contributed by atoms with Crippen molar-refractivity contribution in [3.63, 3.8) is 0 Å². The zero-order chi connectivity index (χ0) is 15.4. The molecule has 1 aliphatic rings. The molecular weight excluding hydrogens is 282 g/mol. The molecule has 0 saturated carbocycles. The summed E-state index contributed by atoms with van der Waals surface area (Å²) in [5.41, 5.74) is 1.97. The van der Waals surface area contributed by atoms with Crippen molar-refractivity contribution in [1.82, 2.24) is 5.32 Å². The fraction of sp³-hybridized carbons (Fsp3) is 0.235. The van der Waals surface area contributed by atoms with Gasteiger partial charge in [-0.15, -0.1) is 0 Å². The fourth-order valence-electron chi connectivity index (χ4n) is 2.41. The summed E-state index contributed by atoms with van der Waals surface area (Å²) in [5.74, 6) is 0.749. The van der Waals surface area contributed by atoms with E-state index in [-0.39, 0.29) is 12.6 Å². The normalized spacial score (nSPS) is 20.3. The smallest absolute Gasteiger partial charge is 0.408 e. The van der Waals surface area contributed by atoms with E-state index in [2.05, 4.69) is 5.32 Å². The number of rotatable bonds is 5. The lowest BCUT2D eigenvalue weighted by atomic mass is 10.0. The average Bonchev–Trinajstić information content (AvgIpc) is 2.95. The summed E-state index contributed by atoms with van der Waals surface area (Å²) in [7, 11) is 0. The minimum Gasteiger partial charge on any atom is -0.489 e. The maximum absolute atomic E-state index is 11.3. The number of nitrogens with one attached hydrogen (secondary N) is 1. The Balaban J connectivity index is 1.64. The number of aliphatic hydroxyl groups is 1. The number of hydrogen-bond donors (Lipinski definition) is 2. The lowest BCUT2D eigenvalue weighted by Gasteiger charge is -2.15.